The molecule has 3 heterocycles. The average molecular weight is 423 g/mol. The minimum Gasteiger partial charge on any atom is -0.360 e. The van der Waals surface area contributed by atoms with Crippen LogP contribution in [0.5, 0.6) is 0 Å². The van der Waals surface area contributed by atoms with E-state index in [9.17, 15) is 9.59 Å². The lowest BCUT2D eigenvalue weighted by molar-refractivity contribution is -0.137. The third-order valence-electron chi connectivity index (χ3n) is 6.36. The van der Waals surface area contributed by atoms with Gasteiger partial charge in [-0.1, -0.05) is 65.7 Å². The van der Waals surface area contributed by atoms with Gasteiger partial charge in [0, 0.05) is 18.1 Å². The molecule has 2 amide bonds. The number of carbonyl (C=O) groups is 2. The molecule has 0 radical (unpaired) electrons. The molecular formula is C24H23ClN2O3. The van der Waals surface area contributed by atoms with E-state index in [0.717, 1.165) is 11.1 Å². The Balaban J connectivity index is 1.31. The lowest BCUT2D eigenvalue weighted by atomic mass is 9.77. The highest BCUT2D eigenvalue weighted by Crippen LogP contribution is 2.52. The van der Waals surface area contributed by atoms with Gasteiger partial charge in [0.25, 0.3) is 0 Å². The molecule has 4 atom stereocenters. The van der Waals surface area contributed by atoms with Crippen LogP contribution in [0.3, 0.4) is 0 Å². The van der Waals surface area contributed by atoms with E-state index in [1.54, 1.807) is 12.1 Å². The number of carbonyl (C=O) groups excluding carboxylic acids is 2. The van der Waals surface area contributed by atoms with Crippen molar-refractivity contribution in [3.8, 4) is 0 Å². The van der Waals surface area contributed by atoms with Crippen molar-refractivity contribution < 1.29 is 14.3 Å². The summed E-state index contributed by atoms with van der Waals surface area (Å²) >= 11 is 5.92. The number of benzene rings is 2. The molecule has 1 spiro atoms. The van der Waals surface area contributed by atoms with Gasteiger partial charge < -0.3 is 15.0 Å². The predicted octanol–water partition coefficient (Wildman–Crippen LogP) is 3.25. The first-order valence-corrected chi connectivity index (χ1v) is 10.6. The van der Waals surface area contributed by atoms with Gasteiger partial charge in [-0.05, 0) is 30.2 Å². The number of ether oxygens (including phenoxy) is 1. The third kappa shape index (κ3) is 3.22. The number of nitrogens with one attached hydrogen (secondary N) is 1. The fraction of sp³-hybridized carbons (Fsp3) is 0.333. The molecule has 5 rings (SSSR count). The highest BCUT2D eigenvalue weighted by atomic mass is 35.5. The van der Waals surface area contributed by atoms with Crippen LogP contribution in [-0.4, -0.2) is 35.0 Å². The van der Waals surface area contributed by atoms with Gasteiger partial charge >= 0.3 is 0 Å². The summed E-state index contributed by atoms with van der Waals surface area (Å²) in [7, 11) is 0. The van der Waals surface area contributed by atoms with Crippen LogP contribution in [0, 0.1) is 18.8 Å². The molecule has 2 bridgehead atoms. The SMILES string of the molecule is Cc1ccc(CN2C[C@@]34C=C[C@H](O3)[C@@H](C(=O)NCc3ccc(Cl)cc3)[C@H]4C2=O)cc1. The Labute approximate surface area is 180 Å². The molecule has 0 saturated carbocycles. The van der Waals surface area contributed by atoms with Crippen LogP contribution in [0.25, 0.3) is 0 Å². The van der Waals surface area contributed by atoms with E-state index in [1.807, 2.05) is 60.4 Å². The van der Waals surface area contributed by atoms with Crippen molar-refractivity contribution in [2.75, 3.05) is 6.54 Å². The van der Waals surface area contributed by atoms with Gasteiger partial charge in [0.1, 0.15) is 5.60 Å². The maximum Gasteiger partial charge on any atom is 0.230 e. The van der Waals surface area contributed by atoms with Gasteiger partial charge in [-0.15, -0.1) is 0 Å². The molecule has 0 aliphatic carbocycles. The molecule has 2 aromatic carbocycles. The summed E-state index contributed by atoms with van der Waals surface area (Å²) in [4.78, 5) is 28.1. The molecule has 6 heteroatoms. The number of hydrogen-bond acceptors (Lipinski definition) is 3. The zero-order valence-corrected chi connectivity index (χ0v) is 17.4. The van der Waals surface area contributed by atoms with Crippen molar-refractivity contribution in [3.63, 3.8) is 0 Å². The molecule has 30 heavy (non-hydrogen) atoms. The molecule has 2 saturated heterocycles. The van der Waals surface area contributed by atoms with E-state index in [4.69, 9.17) is 16.3 Å². The lowest BCUT2D eigenvalue weighted by Gasteiger charge is -2.23. The first kappa shape index (κ1) is 19.3. The Morgan fingerprint density at radius 2 is 1.87 bits per heavy atom. The van der Waals surface area contributed by atoms with E-state index >= 15 is 0 Å². The highest BCUT2D eigenvalue weighted by molar-refractivity contribution is 6.30. The number of likely N-dealkylation sites (tertiary alicyclic amines) is 1. The van der Waals surface area contributed by atoms with Gasteiger partial charge in [0.2, 0.25) is 11.8 Å². The summed E-state index contributed by atoms with van der Waals surface area (Å²) in [5.74, 6) is -1.12. The van der Waals surface area contributed by atoms with Crippen LogP contribution < -0.4 is 5.32 Å². The molecule has 5 nitrogen and oxygen atoms in total. The minimum absolute atomic E-state index is 0.00549. The number of hydrogen-bond donors (Lipinski definition) is 1. The molecule has 0 aromatic heterocycles. The van der Waals surface area contributed by atoms with Crippen LogP contribution in [0.1, 0.15) is 16.7 Å². The molecule has 2 fully saturated rings. The Kier molecular flexibility index (Phi) is 4.68. The summed E-state index contributed by atoms with van der Waals surface area (Å²) in [5, 5.41) is 3.64. The van der Waals surface area contributed by atoms with Crippen molar-refractivity contribution in [3.05, 3.63) is 82.4 Å². The van der Waals surface area contributed by atoms with Gasteiger partial charge in [0.15, 0.2) is 0 Å². The Morgan fingerprint density at radius 3 is 2.60 bits per heavy atom. The van der Waals surface area contributed by atoms with Crippen molar-refractivity contribution >= 4 is 23.4 Å². The second-order valence-corrected chi connectivity index (χ2v) is 8.86. The van der Waals surface area contributed by atoms with Crippen molar-refractivity contribution in [2.24, 2.45) is 11.8 Å². The summed E-state index contributed by atoms with van der Waals surface area (Å²) < 4.78 is 6.19. The maximum absolute atomic E-state index is 13.3. The van der Waals surface area contributed by atoms with Crippen molar-refractivity contribution in [2.45, 2.75) is 31.7 Å². The first-order valence-electron chi connectivity index (χ1n) is 10.2. The van der Waals surface area contributed by atoms with Crippen LogP contribution in [0.2, 0.25) is 5.02 Å². The normalized spacial score (nSPS) is 28.8. The predicted molar refractivity (Wildman–Crippen MR) is 114 cm³/mol. The number of halogens is 1. The molecule has 154 valence electrons. The number of aryl methyl sites for hydroxylation is 1. The van der Waals surface area contributed by atoms with Crippen LogP contribution in [0.15, 0.2) is 60.7 Å². The third-order valence-corrected chi connectivity index (χ3v) is 6.61. The van der Waals surface area contributed by atoms with Gasteiger partial charge in [-0.25, -0.2) is 0 Å². The standard InChI is InChI=1S/C24H23ClN2O3/c1-15-2-4-17(5-3-15)13-27-14-24-11-10-19(30-24)20(21(24)23(27)29)22(28)26-12-16-6-8-18(25)9-7-16/h2-11,19-21H,12-14H2,1H3,(H,26,28)/t19-,20+,21-,24+/m0/s1. The maximum atomic E-state index is 13.3. The second kappa shape index (κ2) is 7.25. The topological polar surface area (TPSA) is 58.6 Å². The van der Waals surface area contributed by atoms with Gasteiger partial charge in [-0.2, -0.15) is 0 Å². The zero-order valence-electron chi connectivity index (χ0n) is 16.7. The molecule has 1 N–H and O–H groups in total. The number of amides is 2. The molecule has 3 aliphatic rings. The monoisotopic (exact) mass is 422 g/mol. The van der Waals surface area contributed by atoms with Crippen LogP contribution >= 0.6 is 11.6 Å². The van der Waals surface area contributed by atoms with E-state index in [-0.39, 0.29) is 17.9 Å². The van der Waals surface area contributed by atoms with E-state index in [0.29, 0.717) is 24.7 Å². The second-order valence-electron chi connectivity index (χ2n) is 8.42. The van der Waals surface area contributed by atoms with Crippen LogP contribution in [-0.2, 0) is 27.4 Å². The Morgan fingerprint density at radius 1 is 1.17 bits per heavy atom. The van der Waals surface area contributed by atoms with Gasteiger partial charge in [0.05, 0.1) is 24.5 Å². The summed E-state index contributed by atoms with van der Waals surface area (Å²) in [6.45, 7) is 3.44. The molecule has 3 aliphatic heterocycles. The van der Waals surface area contributed by atoms with E-state index in [2.05, 4.69) is 5.32 Å². The Bertz CT molecular complexity index is 1020. The number of fused-ring (bicyclic) bond motifs is 1. The fourth-order valence-electron chi connectivity index (χ4n) is 4.83. The molecule has 0 unspecified atom stereocenters. The quantitative estimate of drug-likeness (QED) is 0.752. The highest BCUT2D eigenvalue weighted by Gasteiger charge is 2.66. The zero-order chi connectivity index (χ0) is 20.9. The van der Waals surface area contributed by atoms with E-state index in [1.165, 1.54) is 5.56 Å². The molecule has 2 aromatic rings. The van der Waals surface area contributed by atoms with Crippen LogP contribution in [0.4, 0.5) is 0 Å². The average Bonchev–Trinajstić information content (AvgIpc) is 3.37. The smallest absolute Gasteiger partial charge is 0.230 e. The summed E-state index contributed by atoms with van der Waals surface area (Å²) in [5.41, 5.74) is 2.53. The summed E-state index contributed by atoms with van der Waals surface area (Å²) in [6.07, 6.45) is 3.58. The van der Waals surface area contributed by atoms with Crippen molar-refractivity contribution in [1.29, 1.82) is 0 Å². The van der Waals surface area contributed by atoms with Crippen molar-refractivity contribution in [1.82, 2.24) is 10.2 Å². The number of nitrogens with zero attached hydrogens (tertiary/aromatic N) is 1. The largest absolute Gasteiger partial charge is 0.360 e. The molecular weight excluding hydrogens is 400 g/mol. The fourth-order valence-corrected chi connectivity index (χ4v) is 4.96. The minimum atomic E-state index is -0.686. The Hall–Kier alpha value is -2.63. The summed E-state index contributed by atoms with van der Waals surface area (Å²) in [6, 6.07) is 15.5. The van der Waals surface area contributed by atoms with E-state index < -0.39 is 17.4 Å². The first-order chi connectivity index (χ1) is 14.4. The number of rotatable bonds is 5. The lowest BCUT2D eigenvalue weighted by Crippen LogP contribution is -2.43. The van der Waals surface area contributed by atoms with Gasteiger partial charge in [-0.3, -0.25) is 9.59 Å².